The van der Waals surface area contributed by atoms with Gasteiger partial charge in [0, 0.05) is 38.9 Å². The number of nitrogens with zero attached hydrogens (tertiary/aromatic N) is 4. The van der Waals surface area contributed by atoms with Crippen LogP contribution in [0.5, 0.6) is 5.75 Å². The maximum atomic E-state index is 14.0. The number of amidine groups is 1. The Labute approximate surface area is 203 Å². The Hall–Kier alpha value is -3.72. The third-order valence-corrected chi connectivity index (χ3v) is 5.91. The van der Waals surface area contributed by atoms with Crippen molar-refractivity contribution >= 4 is 11.9 Å². The first-order valence-electron chi connectivity index (χ1n) is 11.2. The molecule has 0 amide bonds. The van der Waals surface area contributed by atoms with Crippen molar-refractivity contribution in [3.63, 3.8) is 0 Å². The number of hydrogen-bond acceptors (Lipinski definition) is 6. The van der Waals surface area contributed by atoms with E-state index >= 15 is 0 Å². The lowest BCUT2D eigenvalue weighted by molar-refractivity contribution is -0.0916. The molecule has 1 aliphatic heterocycles. The summed E-state index contributed by atoms with van der Waals surface area (Å²) in [5.74, 6) is -0.599. The topological polar surface area (TPSA) is 61.1 Å². The highest BCUT2D eigenvalue weighted by Gasteiger charge is 2.42. The van der Waals surface area contributed by atoms with Gasteiger partial charge in [-0.2, -0.15) is 0 Å². The van der Waals surface area contributed by atoms with E-state index in [-0.39, 0.29) is 0 Å². The molecule has 9 heteroatoms. The average molecular weight is 483 g/mol. The Morgan fingerprint density at radius 2 is 1.91 bits per heavy atom. The molecule has 3 aromatic rings. The van der Waals surface area contributed by atoms with E-state index in [9.17, 15) is 8.78 Å². The van der Waals surface area contributed by atoms with Crippen LogP contribution in [0, 0.1) is 18.6 Å². The van der Waals surface area contributed by atoms with Crippen molar-refractivity contribution in [2.24, 2.45) is 5.16 Å². The molecule has 184 valence electrons. The molecule has 0 bridgehead atoms. The van der Waals surface area contributed by atoms with Crippen LogP contribution in [0.1, 0.15) is 30.2 Å². The summed E-state index contributed by atoms with van der Waals surface area (Å²) in [7, 11) is 3.25. The summed E-state index contributed by atoms with van der Waals surface area (Å²) in [5, 5.41) is 4.26. The Morgan fingerprint density at radius 3 is 2.60 bits per heavy atom. The van der Waals surface area contributed by atoms with Gasteiger partial charge in [-0.3, -0.25) is 0 Å². The van der Waals surface area contributed by atoms with Gasteiger partial charge in [0.25, 0.3) is 0 Å². The zero-order valence-corrected chi connectivity index (χ0v) is 20.2. The van der Waals surface area contributed by atoms with Crippen LogP contribution in [0.25, 0.3) is 11.8 Å². The lowest BCUT2D eigenvalue weighted by Gasteiger charge is -2.34. The van der Waals surface area contributed by atoms with Gasteiger partial charge >= 0.3 is 0 Å². The molecule has 35 heavy (non-hydrogen) atoms. The number of methoxy groups -OCH3 is 2. The van der Waals surface area contributed by atoms with E-state index in [1.807, 2.05) is 52.9 Å². The van der Waals surface area contributed by atoms with E-state index in [2.05, 4.69) is 10.1 Å². The number of aromatic nitrogens is 2. The second kappa shape index (κ2) is 10.3. The van der Waals surface area contributed by atoms with Crippen molar-refractivity contribution in [2.45, 2.75) is 26.0 Å². The summed E-state index contributed by atoms with van der Waals surface area (Å²) in [5.41, 5.74) is 2.04. The second-order valence-electron chi connectivity index (χ2n) is 8.34. The van der Waals surface area contributed by atoms with Crippen LogP contribution < -0.4 is 4.74 Å². The highest BCUT2D eigenvalue weighted by Crippen LogP contribution is 2.36. The third-order valence-electron chi connectivity index (χ3n) is 5.91. The Bertz CT molecular complexity index is 1260. The number of aryl methyl sites for hydroxylation is 1. The second-order valence-corrected chi connectivity index (χ2v) is 8.34. The Kier molecular flexibility index (Phi) is 7.16. The van der Waals surface area contributed by atoms with Gasteiger partial charge in [0.05, 0.1) is 24.8 Å². The SMILES string of the molecule is COCCCN1C(C=Cc2ccc(-n3cnc(C)c3)c(OC)c2)=NOC1(C)c1ccc(F)c(F)c1. The molecule has 7 nitrogen and oxygen atoms in total. The molecule has 0 saturated heterocycles. The lowest BCUT2D eigenvalue weighted by Crippen LogP contribution is -2.44. The minimum absolute atomic E-state index is 0.461. The minimum atomic E-state index is -1.09. The van der Waals surface area contributed by atoms with Gasteiger partial charge in [-0.05, 0) is 55.3 Å². The summed E-state index contributed by atoms with van der Waals surface area (Å²) < 4.78 is 40.2. The first-order valence-corrected chi connectivity index (χ1v) is 11.2. The van der Waals surface area contributed by atoms with Crippen molar-refractivity contribution in [3.8, 4) is 11.4 Å². The quantitative estimate of drug-likeness (QED) is 0.400. The molecule has 1 aromatic heterocycles. The van der Waals surface area contributed by atoms with Gasteiger partial charge in [-0.1, -0.05) is 17.3 Å². The van der Waals surface area contributed by atoms with Crippen molar-refractivity contribution < 1.29 is 23.1 Å². The van der Waals surface area contributed by atoms with Gasteiger partial charge in [-0.15, -0.1) is 0 Å². The Morgan fingerprint density at radius 1 is 1.09 bits per heavy atom. The molecule has 2 heterocycles. The van der Waals surface area contributed by atoms with Crippen molar-refractivity contribution in [1.82, 2.24) is 14.5 Å². The van der Waals surface area contributed by atoms with Gasteiger partial charge in [0.15, 0.2) is 17.5 Å². The number of halogens is 2. The maximum Gasteiger partial charge on any atom is 0.234 e. The first kappa shape index (κ1) is 24.4. The lowest BCUT2D eigenvalue weighted by atomic mass is 10.0. The smallest absolute Gasteiger partial charge is 0.234 e. The average Bonchev–Trinajstić information content (AvgIpc) is 3.43. The fourth-order valence-electron chi connectivity index (χ4n) is 4.00. The van der Waals surface area contributed by atoms with E-state index < -0.39 is 17.4 Å². The highest BCUT2D eigenvalue weighted by atomic mass is 19.2. The fourth-order valence-corrected chi connectivity index (χ4v) is 4.00. The molecule has 1 unspecified atom stereocenters. The zero-order chi connectivity index (χ0) is 25.0. The van der Waals surface area contributed by atoms with Crippen LogP contribution in [0.2, 0.25) is 0 Å². The number of ether oxygens (including phenoxy) is 2. The van der Waals surface area contributed by atoms with Crippen LogP contribution in [0.4, 0.5) is 8.78 Å². The van der Waals surface area contributed by atoms with Crippen LogP contribution in [-0.4, -0.2) is 47.7 Å². The molecular formula is C26H28F2N4O3. The molecule has 0 fully saturated rings. The summed E-state index contributed by atoms with van der Waals surface area (Å²) in [6.07, 6.45) is 8.08. The molecule has 2 aromatic carbocycles. The van der Waals surface area contributed by atoms with E-state index in [0.717, 1.165) is 29.1 Å². The molecule has 0 saturated carbocycles. The molecule has 1 atom stereocenters. The fraction of sp³-hybridized carbons (Fsp3) is 0.308. The molecule has 1 aliphatic rings. The summed E-state index contributed by atoms with van der Waals surface area (Å²) >= 11 is 0. The van der Waals surface area contributed by atoms with E-state index in [4.69, 9.17) is 14.3 Å². The molecule has 0 aliphatic carbocycles. The van der Waals surface area contributed by atoms with E-state index in [1.54, 1.807) is 27.5 Å². The van der Waals surface area contributed by atoms with Gasteiger partial charge < -0.3 is 23.8 Å². The number of rotatable bonds is 9. The van der Waals surface area contributed by atoms with Crippen molar-refractivity contribution in [1.29, 1.82) is 0 Å². The normalized spacial score (nSPS) is 17.7. The molecule has 0 radical (unpaired) electrons. The van der Waals surface area contributed by atoms with Gasteiger partial charge in [-0.25, -0.2) is 13.8 Å². The number of hydrogen-bond donors (Lipinski definition) is 0. The molecule has 4 rings (SSSR count). The number of imidazole rings is 1. The van der Waals surface area contributed by atoms with Crippen molar-refractivity contribution in [2.75, 3.05) is 27.4 Å². The summed E-state index contributed by atoms with van der Waals surface area (Å²) in [4.78, 5) is 12.0. The number of oxime groups is 1. The van der Waals surface area contributed by atoms with Crippen LogP contribution >= 0.6 is 0 Å². The van der Waals surface area contributed by atoms with Crippen LogP contribution in [0.3, 0.4) is 0 Å². The molecular weight excluding hydrogens is 454 g/mol. The van der Waals surface area contributed by atoms with Crippen LogP contribution in [-0.2, 0) is 15.3 Å². The van der Waals surface area contributed by atoms with Crippen molar-refractivity contribution in [3.05, 3.63) is 83.5 Å². The predicted molar refractivity (Wildman–Crippen MR) is 129 cm³/mol. The third kappa shape index (κ3) is 5.05. The summed E-state index contributed by atoms with van der Waals surface area (Å²) in [6, 6.07) is 9.57. The molecule has 0 N–H and O–H groups in total. The first-order chi connectivity index (χ1) is 16.9. The largest absolute Gasteiger partial charge is 0.495 e. The minimum Gasteiger partial charge on any atom is -0.495 e. The Balaban J connectivity index is 1.60. The highest BCUT2D eigenvalue weighted by molar-refractivity contribution is 5.97. The van der Waals surface area contributed by atoms with Gasteiger partial charge in [0.1, 0.15) is 5.75 Å². The van der Waals surface area contributed by atoms with E-state index in [1.165, 1.54) is 6.07 Å². The number of benzene rings is 2. The van der Waals surface area contributed by atoms with Crippen LogP contribution in [0.15, 0.2) is 60.2 Å². The summed E-state index contributed by atoms with van der Waals surface area (Å²) in [6.45, 7) is 4.78. The maximum absolute atomic E-state index is 14.0. The van der Waals surface area contributed by atoms with E-state index in [0.29, 0.717) is 36.7 Å². The zero-order valence-electron chi connectivity index (χ0n) is 20.2. The molecule has 0 spiro atoms. The monoisotopic (exact) mass is 482 g/mol. The standard InChI is InChI=1S/C26H28F2N4O3/c1-18-16-31(17-29-18)23-10-6-19(14-24(23)34-4)7-11-25-30-35-26(2,32(25)12-5-13-33-3)20-8-9-21(27)22(28)15-20/h6-11,14-17H,5,12-13H2,1-4H3. The predicted octanol–water partition coefficient (Wildman–Crippen LogP) is 5.04. The van der Waals surface area contributed by atoms with Gasteiger partial charge in [0.2, 0.25) is 5.72 Å².